The summed E-state index contributed by atoms with van der Waals surface area (Å²) in [6.07, 6.45) is 6.80. The van der Waals surface area contributed by atoms with Crippen molar-refractivity contribution in [2.45, 2.75) is 85.9 Å². The van der Waals surface area contributed by atoms with Gasteiger partial charge in [-0.25, -0.2) is 9.59 Å². The van der Waals surface area contributed by atoms with E-state index in [1.165, 1.54) is 6.92 Å². The number of carbonyl (C=O) groups excluding carboxylic acids is 1. The Kier molecular flexibility index (Phi) is 40.3. The topological polar surface area (TPSA) is 124 Å². The van der Waals surface area contributed by atoms with E-state index in [1.54, 1.807) is 0 Å². The van der Waals surface area contributed by atoms with Crippen molar-refractivity contribution in [2.75, 3.05) is 19.8 Å². The molecule has 0 aromatic carbocycles. The van der Waals surface area contributed by atoms with E-state index in [0.717, 1.165) is 44.6 Å². The molecule has 0 unspecified atom stereocenters. The number of unbranched alkanes of at least 4 members (excludes halogenated alkanes) is 3. The third-order valence-corrected chi connectivity index (χ3v) is 2.44. The van der Waals surface area contributed by atoms with Crippen LogP contribution in [0, 0.1) is 0 Å². The van der Waals surface area contributed by atoms with Crippen LogP contribution in [0.15, 0.2) is 11.6 Å². The van der Waals surface area contributed by atoms with E-state index in [1.807, 2.05) is 26.6 Å². The number of aliphatic carboxylic acids is 1. The smallest absolute Gasteiger partial charge is 0.331 e. The van der Waals surface area contributed by atoms with Gasteiger partial charge >= 0.3 is 11.9 Å². The van der Waals surface area contributed by atoms with Crippen LogP contribution in [-0.2, 0) is 40.5 Å². The monoisotopic (exact) mass is 514 g/mol. The molecule has 0 atom stereocenters. The Morgan fingerprint density at radius 1 is 0.897 bits per heavy atom. The molecule has 0 aliphatic carbocycles. The quantitative estimate of drug-likeness (QED) is 0.160. The number of rotatable bonds is 9. The normalized spacial score (nSPS) is 9.93. The van der Waals surface area contributed by atoms with Gasteiger partial charge in [0.25, 0.3) is 0 Å². The van der Waals surface area contributed by atoms with Gasteiger partial charge in [-0.2, -0.15) is 0 Å². The maximum Gasteiger partial charge on any atom is 0.331 e. The predicted octanol–water partition coefficient (Wildman–Crippen LogP) is 3.73. The van der Waals surface area contributed by atoms with E-state index in [0.29, 0.717) is 19.8 Å². The summed E-state index contributed by atoms with van der Waals surface area (Å²) in [6.45, 7) is 14.1. The summed E-state index contributed by atoms with van der Waals surface area (Å²) in [7, 11) is -1.61. The number of carboxylic acid groups (broad SMARTS) is 1. The molecule has 174 valence electrons. The molecule has 0 heterocycles. The molecular formula is C20H44O7SiZr. The fraction of sp³-hybridized carbons (Fsp3) is 0.800. The first-order valence-electron chi connectivity index (χ1n) is 9.93. The van der Waals surface area contributed by atoms with Gasteiger partial charge in [0.1, 0.15) is 0 Å². The average molecular weight is 516 g/mol. The molecule has 0 rings (SSSR count). The zero-order valence-electron chi connectivity index (χ0n) is 19.5. The molecule has 0 aliphatic rings. The van der Waals surface area contributed by atoms with Gasteiger partial charge in [0.15, 0.2) is 8.32 Å². The first-order chi connectivity index (χ1) is 12.9. The van der Waals surface area contributed by atoms with Crippen molar-refractivity contribution in [2.24, 2.45) is 0 Å². The van der Waals surface area contributed by atoms with Gasteiger partial charge in [0.2, 0.25) is 0 Å². The number of aliphatic hydroxyl groups excluding tert-OH is 2. The van der Waals surface area contributed by atoms with Gasteiger partial charge in [-0.15, -0.1) is 0 Å². The fourth-order valence-corrected chi connectivity index (χ4v) is 0.914. The Morgan fingerprint density at radius 2 is 1.24 bits per heavy atom. The van der Waals surface area contributed by atoms with Crippen molar-refractivity contribution < 1.29 is 60.6 Å². The van der Waals surface area contributed by atoms with Crippen LogP contribution in [0.1, 0.15) is 66.2 Å². The molecule has 0 saturated heterocycles. The van der Waals surface area contributed by atoms with E-state index < -0.39 is 20.3 Å². The SMILES string of the molecule is CCCCO.CCCCO.CCCCOC(=O)/C=C(/C)C(=O)O.C[Si](C)(C)O.[Zr]. The van der Waals surface area contributed by atoms with Crippen LogP contribution >= 0.6 is 0 Å². The summed E-state index contributed by atoms with van der Waals surface area (Å²) in [4.78, 5) is 29.8. The maximum atomic E-state index is 10.9. The largest absolute Gasteiger partial charge is 0.478 e. The molecule has 0 aromatic rings. The van der Waals surface area contributed by atoms with Crippen LogP contribution in [-0.4, -0.2) is 60.2 Å². The van der Waals surface area contributed by atoms with E-state index in [-0.39, 0.29) is 31.8 Å². The third-order valence-electron chi connectivity index (χ3n) is 2.44. The summed E-state index contributed by atoms with van der Waals surface area (Å²) in [6, 6.07) is 0. The van der Waals surface area contributed by atoms with Crippen molar-refractivity contribution >= 4 is 20.3 Å². The first-order valence-corrected chi connectivity index (χ1v) is 13.4. The molecular weight excluding hydrogens is 472 g/mol. The van der Waals surface area contributed by atoms with Crippen molar-refractivity contribution in [3.8, 4) is 0 Å². The molecule has 7 nitrogen and oxygen atoms in total. The van der Waals surface area contributed by atoms with Gasteiger partial charge in [0.05, 0.1) is 6.61 Å². The molecule has 0 aliphatic heterocycles. The molecule has 0 aromatic heterocycles. The molecule has 9 heteroatoms. The van der Waals surface area contributed by atoms with Gasteiger partial charge in [-0.1, -0.05) is 40.0 Å². The Labute approximate surface area is 197 Å². The Morgan fingerprint density at radius 3 is 1.45 bits per heavy atom. The standard InChI is InChI=1S/C9H14O4.2C4H10O.C3H10OSi.Zr/c1-3-4-5-13-8(10)6-7(2)9(11)12;2*1-2-3-4-5;1-5(2,3)4;/h6H,3-5H2,1-2H3,(H,11,12);2*5H,2-4H2,1H3;4H,1-3H3;/b7-6-;;;;. The number of aliphatic hydroxyl groups is 2. The molecule has 0 spiro atoms. The number of ether oxygens (including phenoxy) is 1. The van der Waals surface area contributed by atoms with Crippen molar-refractivity contribution in [1.29, 1.82) is 0 Å². The number of esters is 1. The van der Waals surface area contributed by atoms with Crippen molar-refractivity contribution in [1.82, 2.24) is 0 Å². The van der Waals surface area contributed by atoms with E-state index in [9.17, 15) is 9.59 Å². The van der Waals surface area contributed by atoms with Crippen LogP contribution in [0.5, 0.6) is 0 Å². The fourth-order valence-electron chi connectivity index (χ4n) is 0.914. The summed E-state index contributed by atoms with van der Waals surface area (Å²) in [5, 5.41) is 24.6. The molecule has 29 heavy (non-hydrogen) atoms. The molecule has 0 radical (unpaired) electrons. The third kappa shape index (κ3) is 65.6. The molecule has 0 fully saturated rings. The zero-order valence-corrected chi connectivity index (χ0v) is 22.9. The van der Waals surface area contributed by atoms with Gasteiger partial charge < -0.3 is 24.9 Å². The summed E-state index contributed by atoms with van der Waals surface area (Å²) in [5.41, 5.74) is -0.0125. The maximum absolute atomic E-state index is 10.9. The Bertz CT molecular complexity index is 368. The number of carboxylic acids is 1. The Balaban J connectivity index is -0.0000001000. The number of hydrogen-bond donors (Lipinski definition) is 4. The van der Waals surface area contributed by atoms with Crippen LogP contribution in [0.2, 0.25) is 19.6 Å². The summed E-state index contributed by atoms with van der Waals surface area (Å²) in [5.74, 6) is -1.69. The second kappa shape index (κ2) is 29.9. The van der Waals surface area contributed by atoms with Gasteiger partial charge in [-0.05, 0) is 45.8 Å². The minimum atomic E-state index is -1.61. The molecule has 0 saturated carbocycles. The van der Waals surface area contributed by atoms with Crippen LogP contribution in [0.4, 0.5) is 0 Å². The molecule has 0 amide bonds. The van der Waals surface area contributed by atoms with Crippen LogP contribution in [0.25, 0.3) is 0 Å². The Hall–Kier alpha value is -0.340. The van der Waals surface area contributed by atoms with Crippen LogP contribution in [0.3, 0.4) is 0 Å². The van der Waals surface area contributed by atoms with Crippen molar-refractivity contribution in [3.63, 3.8) is 0 Å². The summed E-state index contributed by atoms with van der Waals surface area (Å²) >= 11 is 0. The van der Waals surface area contributed by atoms with Crippen LogP contribution < -0.4 is 0 Å². The number of carbonyl (C=O) groups is 2. The summed E-state index contributed by atoms with van der Waals surface area (Å²) < 4.78 is 4.72. The zero-order chi connectivity index (χ0) is 23.0. The van der Waals surface area contributed by atoms with E-state index >= 15 is 0 Å². The second-order valence-corrected chi connectivity index (χ2v) is 11.3. The van der Waals surface area contributed by atoms with E-state index in [4.69, 9.17) is 24.9 Å². The van der Waals surface area contributed by atoms with Gasteiger partial charge in [0, 0.05) is 51.1 Å². The number of hydrogen-bond acceptors (Lipinski definition) is 6. The van der Waals surface area contributed by atoms with Gasteiger partial charge in [-0.3, -0.25) is 0 Å². The van der Waals surface area contributed by atoms with E-state index in [2.05, 4.69) is 13.8 Å². The average Bonchev–Trinajstić information content (AvgIpc) is 2.56. The predicted molar refractivity (Wildman–Crippen MR) is 117 cm³/mol. The van der Waals surface area contributed by atoms with Crippen molar-refractivity contribution in [3.05, 3.63) is 11.6 Å². The minimum Gasteiger partial charge on any atom is -0.478 e. The first kappa shape index (κ1) is 39.2. The molecule has 0 bridgehead atoms. The second-order valence-electron chi connectivity index (χ2n) is 6.98. The molecule has 4 N–H and O–H groups in total. The minimum absolute atomic E-state index is 0.